The van der Waals surface area contributed by atoms with E-state index in [1.807, 2.05) is 86.9 Å². The van der Waals surface area contributed by atoms with Crippen LogP contribution in [-0.2, 0) is 13.2 Å². The second-order valence-corrected chi connectivity index (χ2v) is 8.37. The SMILES string of the molecule is Cc1ccc(C)c(OCC(O)Cn2c(COc3c(C)cccc3C)nc3ccccc32)c1. The van der Waals surface area contributed by atoms with Gasteiger partial charge in [0.1, 0.15) is 36.6 Å². The van der Waals surface area contributed by atoms with Gasteiger partial charge >= 0.3 is 0 Å². The minimum absolute atomic E-state index is 0.202. The van der Waals surface area contributed by atoms with Crippen molar-refractivity contribution in [1.82, 2.24) is 9.55 Å². The van der Waals surface area contributed by atoms with E-state index < -0.39 is 6.10 Å². The highest BCUT2D eigenvalue weighted by atomic mass is 16.5. The molecule has 0 fully saturated rings. The molecule has 0 saturated carbocycles. The molecule has 0 bridgehead atoms. The maximum absolute atomic E-state index is 10.8. The Hall–Kier alpha value is -3.31. The van der Waals surface area contributed by atoms with Crippen molar-refractivity contribution in [2.75, 3.05) is 6.61 Å². The molecule has 0 spiro atoms. The van der Waals surface area contributed by atoms with Gasteiger partial charge in [0.15, 0.2) is 0 Å². The molecule has 4 aromatic rings. The molecule has 3 aromatic carbocycles. The lowest BCUT2D eigenvalue weighted by atomic mass is 10.1. The number of aromatic nitrogens is 2. The van der Waals surface area contributed by atoms with Crippen molar-refractivity contribution in [3.05, 3.63) is 88.7 Å². The summed E-state index contributed by atoms with van der Waals surface area (Å²) >= 11 is 0. The largest absolute Gasteiger partial charge is 0.491 e. The molecule has 0 radical (unpaired) electrons. The Balaban J connectivity index is 1.52. The fourth-order valence-electron chi connectivity index (χ4n) is 3.92. The fraction of sp³-hybridized carbons (Fsp3) is 0.296. The van der Waals surface area contributed by atoms with Gasteiger partial charge in [0.25, 0.3) is 0 Å². The highest BCUT2D eigenvalue weighted by molar-refractivity contribution is 5.75. The maximum Gasteiger partial charge on any atom is 0.148 e. The Kier molecular flexibility index (Phi) is 6.47. The van der Waals surface area contributed by atoms with E-state index >= 15 is 0 Å². The Labute approximate surface area is 189 Å². The second kappa shape index (κ2) is 9.45. The summed E-state index contributed by atoms with van der Waals surface area (Å²) in [4.78, 5) is 4.77. The van der Waals surface area contributed by atoms with Gasteiger partial charge in [-0.25, -0.2) is 4.98 Å². The number of benzene rings is 3. The Morgan fingerprint density at radius 2 is 1.62 bits per heavy atom. The molecule has 0 aliphatic heterocycles. The quantitative estimate of drug-likeness (QED) is 0.413. The monoisotopic (exact) mass is 430 g/mol. The molecular formula is C27H30N2O3. The average molecular weight is 431 g/mol. The van der Waals surface area contributed by atoms with E-state index in [9.17, 15) is 5.11 Å². The number of fused-ring (bicyclic) bond motifs is 1. The molecule has 166 valence electrons. The number of aryl methyl sites for hydroxylation is 4. The van der Waals surface area contributed by atoms with Gasteiger partial charge in [-0.3, -0.25) is 0 Å². The number of ether oxygens (including phenoxy) is 2. The first-order chi connectivity index (χ1) is 15.4. The van der Waals surface area contributed by atoms with Crippen molar-refractivity contribution in [1.29, 1.82) is 0 Å². The summed E-state index contributed by atoms with van der Waals surface area (Å²) in [6.45, 7) is 9.02. The van der Waals surface area contributed by atoms with Crippen LogP contribution in [0.15, 0.2) is 60.7 Å². The van der Waals surface area contributed by atoms with Gasteiger partial charge in [-0.05, 0) is 68.1 Å². The Morgan fingerprint density at radius 3 is 2.41 bits per heavy atom. The number of nitrogens with zero attached hydrogens (tertiary/aromatic N) is 2. The van der Waals surface area contributed by atoms with Gasteiger partial charge in [0.2, 0.25) is 0 Å². The molecule has 0 amide bonds. The summed E-state index contributed by atoms with van der Waals surface area (Å²) in [5.41, 5.74) is 6.23. The Morgan fingerprint density at radius 1 is 0.875 bits per heavy atom. The third-order valence-corrected chi connectivity index (χ3v) is 5.66. The second-order valence-electron chi connectivity index (χ2n) is 8.37. The van der Waals surface area contributed by atoms with E-state index in [2.05, 4.69) is 6.07 Å². The molecule has 5 nitrogen and oxygen atoms in total. The highest BCUT2D eigenvalue weighted by Crippen LogP contribution is 2.25. The van der Waals surface area contributed by atoms with Crippen LogP contribution >= 0.6 is 0 Å². The number of aliphatic hydroxyl groups excluding tert-OH is 1. The standard InChI is InChI=1S/C27H30N2O3/c1-18-12-13-19(2)25(14-18)31-16-22(30)15-29-24-11-6-5-10-23(24)28-26(29)17-32-27-20(3)8-7-9-21(27)4/h5-14,22,30H,15-17H2,1-4H3. The number of para-hydroxylation sites is 3. The summed E-state index contributed by atoms with van der Waals surface area (Å²) < 4.78 is 14.1. The van der Waals surface area contributed by atoms with Crippen molar-refractivity contribution >= 4 is 11.0 Å². The van der Waals surface area contributed by atoms with Gasteiger partial charge in [-0.2, -0.15) is 0 Å². The molecule has 5 heteroatoms. The molecule has 4 rings (SSSR count). The van der Waals surface area contributed by atoms with Crippen LogP contribution in [0, 0.1) is 27.7 Å². The molecule has 1 aromatic heterocycles. The zero-order valence-corrected chi connectivity index (χ0v) is 19.1. The molecule has 0 aliphatic rings. The zero-order valence-electron chi connectivity index (χ0n) is 19.1. The van der Waals surface area contributed by atoms with Gasteiger partial charge in [0, 0.05) is 0 Å². The normalized spacial score (nSPS) is 12.2. The summed E-state index contributed by atoms with van der Waals surface area (Å²) in [7, 11) is 0. The van der Waals surface area contributed by atoms with Crippen LogP contribution in [0.2, 0.25) is 0 Å². The van der Waals surface area contributed by atoms with E-state index in [1.165, 1.54) is 0 Å². The van der Waals surface area contributed by atoms with E-state index in [0.717, 1.165) is 50.6 Å². The lowest BCUT2D eigenvalue weighted by Gasteiger charge is -2.17. The third kappa shape index (κ3) is 4.78. The molecule has 32 heavy (non-hydrogen) atoms. The number of imidazole rings is 1. The van der Waals surface area contributed by atoms with Crippen LogP contribution in [0.4, 0.5) is 0 Å². The van der Waals surface area contributed by atoms with Crippen molar-refractivity contribution in [2.45, 2.75) is 47.0 Å². The van der Waals surface area contributed by atoms with Gasteiger partial charge in [-0.1, -0.05) is 42.5 Å². The maximum atomic E-state index is 10.8. The number of rotatable bonds is 8. The zero-order chi connectivity index (χ0) is 22.7. The molecular weight excluding hydrogens is 400 g/mol. The van der Waals surface area contributed by atoms with Crippen molar-refractivity contribution in [2.24, 2.45) is 0 Å². The minimum atomic E-state index is -0.688. The molecule has 0 aliphatic carbocycles. The molecule has 0 saturated heterocycles. The molecule has 1 heterocycles. The smallest absolute Gasteiger partial charge is 0.148 e. The van der Waals surface area contributed by atoms with E-state index in [0.29, 0.717) is 13.2 Å². The van der Waals surface area contributed by atoms with Gasteiger partial charge in [-0.15, -0.1) is 0 Å². The Bertz CT molecular complexity index is 1210. The van der Waals surface area contributed by atoms with Gasteiger partial charge in [0.05, 0.1) is 17.6 Å². The molecule has 1 N–H and O–H groups in total. The van der Waals surface area contributed by atoms with Crippen LogP contribution in [0.25, 0.3) is 11.0 Å². The topological polar surface area (TPSA) is 56.5 Å². The predicted molar refractivity (Wildman–Crippen MR) is 127 cm³/mol. The fourth-order valence-corrected chi connectivity index (χ4v) is 3.92. The highest BCUT2D eigenvalue weighted by Gasteiger charge is 2.16. The average Bonchev–Trinajstić information content (AvgIpc) is 3.11. The first-order valence-corrected chi connectivity index (χ1v) is 10.9. The van der Waals surface area contributed by atoms with Crippen LogP contribution in [0.1, 0.15) is 28.1 Å². The number of aliphatic hydroxyl groups is 1. The lowest BCUT2D eigenvalue weighted by Crippen LogP contribution is -2.25. The third-order valence-electron chi connectivity index (χ3n) is 5.66. The summed E-state index contributed by atoms with van der Waals surface area (Å²) in [5, 5.41) is 10.8. The number of hydrogen-bond acceptors (Lipinski definition) is 4. The summed E-state index contributed by atoms with van der Waals surface area (Å²) in [5.74, 6) is 2.46. The summed E-state index contributed by atoms with van der Waals surface area (Å²) in [6, 6.07) is 20.1. The minimum Gasteiger partial charge on any atom is -0.491 e. The van der Waals surface area contributed by atoms with Crippen LogP contribution in [0.5, 0.6) is 11.5 Å². The van der Waals surface area contributed by atoms with E-state index in [1.54, 1.807) is 0 Å². The van der Waals surface area contributed by atoms with Crippen LogP contribution in [-0.4, -0.2) is 27.4 Å². The molecule has 1 unspecified atom stereocenters. The van der Waals surface area contributed by atoms with E-state index in [-0.39, 0.29) is 6.61 Å². The van der Waals surface area contributed by atoms with Crippen LogP contribution in [0.3, 0.4) is 0 Å². The van der Waals surface area contributed by atoms with Crippen molar-refractivity contribution < 1.29 is 14.6 Å². The van der Waals surface area contributed by atoms with Gasteiger partial charge < -0.3 is 19.1 Å². The lowest BCUT2D eigenvalue weighted by molar-refractivity contribution is 0.0914. The predicted octanol–water partition coefficient (Wildman–Crippen LogP) is 5.29. The van der Waals surface area contributed by atoms with Crippen molar-refractivity contribution in [3.63, 3.8) is 0 Å². The van der Waals surface area contributed by atoms with Crippen molar-refractivity contribution in [3.8, 4) is 11.5 Å². The first kappa shape index (κ1) is 21.9. The number of hydrogen-bond donors (Lipinski definition) is 1. The first-order valence-electron chi connectivity index (χ1n) is 10.9. The van der Waals surface area contributed by atoms with E-state index in [4.69, 9.17) is 14.5 Å². The van der Waals surface area contributed by atoms with Crippen LogP contribution < -0.4 is 9.47 Å². The molecule has 1 atom stereocenters. The summed E-state index contributed by atoms with van der Waals surface area (Å²) in [6.07, 6.45) is -0.688.